The van der Waals surface area contributed by atoms with E-state index in [0.29, 0.717) is 0 Å². The molecule has 0 saturated heterocycles. The molecule has 0 atom stereocenters. The number of aryl methyl sites for hydroxylation is 4. The Bertz CT molecular complexity index is 2120. The zero-order chi connectivity index (χ0) is 41.5. The van der Waals surface area contributed by atoms with Gasteiger partial charge < -0.3 is 9.80 Å². The third-order valence-corrected chi connectivity index (χ3v) is 11.6. The lowest BCUT2D eigenvalue weighted by molar-refractivity contribution is 0.795. The molecule has 60 heavy (non-hydrogen) atoms. The molecule has 3 heteroatoms. The molecule has 0 saturated carbocycles. The molecule has 0 aliphatic carbocycles. The van der Waals surface area contributed by atoms with Gasteiger partial charge in [-0.25, -0.2) is 0 Å². The van der Waals surface area contributed by atoms with E-state index in [1.165, 1.54) is 73.6 Å². The fraction of sp³-hybridized carbons (Fsp3) is 0.281. The summed E-state index contributed by atoms with van der Waals surface area (Å²) in [4.78, 5) is 9.61. The Labute approximate surface area is 360 Å². The Kier molecular flexibility index (Phi) is 15.0. The maximum Gasteiger partial charge on any atom is 0.0702 e. The van der Waals surface area contributed by atoms with Crippen molar-refractivity contribution >= 4 is 34.1 Å². The van der Waals surface area contributed by atoms with Crippen LogP contribution in [0.25, 0.3) is 22.4 Å². The van der Waals surface area contributed by atoms with Crippen LogP contribution in [0.15, 0.2) is 164 Å². The van der Waals surface area contributed by atoms with Gasteiger partial charge in [-0.15, -0.1) is 0 Å². The molecule has 7 aromatic rings. The van der Waals surface area contributed by atoms with Crippen molar-refractivity contribution in [1.82, 2.24) is 4.98 Å². The average Bonchev–Trinajstić information content (AvgIpc) is 3.31. The highest BCUT2D eigenvalue weighted by Crippen LogP contribution is 2.44. The molecule has 0 spiro atoms. The second-order valence-electron chi connectivity index (χ2n) is 16.3. The van der Waals surface area contributed by atoms with Crippen LogP contribution in [0, 0.1) is 0 Å². The Morgan fingerprint density at radius 1 is 0.333 bits per heavy atom. The van der Waals surface area contributed by atoms with Crippen molar-refractivity contribution in [3.8, 4) is 22.4 Å². The molecular weight excluding hydrogens is 727 g/mol. The summed E-state index contributed by atoms with van der Waals surface area (Å²) in [6.45, 7) is 9.06. The molecule has 0 N–H and O–H groups in total. The van der Waals surface area contributed by atoms with Crippen LogP contribution in [0.5, 0.6) is 0 Å². The number of rotatable bonds is 20. The summed E-state index contributed by atoms with van der Waals surface area (Å²) in [6, 6.07) is 59.2. The number of nitrogens with zero attached hydrogens (tertiary/aromatic N) is 3. The van der Waals surface area contributed by atoms with E-state index in [-0.39, 0.29) is 0 Å². The predicted octanol–water partition coefficient (Wildman–Crippen LogP) is 16.7. The first-order valence-corrected chi connectivity index (χ1v) is 22.7. The van der Waals surface area contributed by atoms with Crippen LogP contribution in [0.4, 0.5) is 34.1 Å². The molecule has 3 nitrogen and oxygen atoms in total. The van der Waals surface area contributed by atoms with E-state index in [0.717, 1.165) is 82.2 Å². The highest BCUT2D eigenvalue weighted by atomic mass is 15.2. The number of anilines is 6. The summed E-state index contributed by atoms with van der Waals surface area (Å²) in [5, 5.41) is 0. The van der Waals surface area contributed by atoms with Crippen LogP contribution < -0.4 is 9.80 Å². The van der Waals surface area contributed by atoms with Gasteiger partial charge >= 0.3 is 0 Å². The summed E-state index contributed by atoms with van der Waals surface area (Å²) >= 11 is 0. The highest BCUT2D eigenvalue weighted by Gasteiger charge is 2.20. The van der Waals surface area contributed by atoms with Crippen molar-refractivity contribution in [3.63, 3.8) is 0 Å². The third-order valence-electron chi connectivity index (χ3n) is 11.6. The minimum Gasteiger partial charge on any atom is -0.310 e. The quantitative estimate of drug-likeness (QED) is 0.0767. The van der Waals surface area contributed by atoms with Gasteiger partial charge in [-0.2, -0.15) is 0 Å². The van der Waals surface area contributed by atoms with Crippen LogP contribution in [0.2, 0.25) is 0 Å². The van der Waals surface area contributed by atoms with E-state index in [1.54, 1.807) is 0 Å². The summed E-state index contributed by atoms with van der Waals surface area (Å²) < 4.78 is 0. The molecule has 6 aromatic carbocycles. The molecule has 1 aromatic heterocycles. The first-order chi connectivity index (χ1) is 29.6. The SMILES string of the molecule is CCCCc1ccc(N(c2ccc(CCCC)cc2)c2cc(-c3cccc(-c4ccccn4)c3)cc(N(c3ccc(CCCC)cc3)c3ccc(CCCC)cc3)c2)cc1. The van der Waals surface area contributed by atoms with E-state index >= 15 is 0 Å². The molecule has 0 aliphatic rings. The number of aromatic nitrogens is 1. The van der Waals surface area contributed by atoms with Crippen molar-refractivity contribution in [2.45, 2.75) is 105 Å². The van der Waals surface area contributed by atoms with Crippen molar-refractivity contribution < 1.29 is 0 Å². The average molecular weight is 790 g/mol. The number of benzene rings is 6. The molecule has 7 rings (SSSR count). The number of pyridine rings is 1. The molecule has 0 unspecified atom stereocenters. The standard InChI is InChI=1S/C57H63N3/c1-5-9-16-44-23-31-51(32-24-44)59(52-33-25-45(26-34-52)17-10-6-2)55-41-50(48-20-15-21-49(40-48)57-22-13-14-39-58-57)42-56(43-55)60(53-35-27-46(28-36-53)18-11-7-3)54-37-29-47(30-38-54)19-12-8-4/h13-15,20-43H,5-12,16-19H2,1-4H3. The largest absolute Gasteiger partial charge is 0.310 e. The molecule has 0 bridgehead atoms. The molecular formula is C57H63N3. The maximum atomic E-state index is 4.72. The fourth-order valence-corrected chi connectivity index (χ4v) is 8.08. The zero-order valence-electron chi connectivity index (χ0n) is 36.4. The van der Waals surface area contributed by atoms with Crippen molar-refractivity contribution in [2.75, 3.05) is 9.80 Å². The summed E-state index contributed by atoms with van der Waals surface area (Å²) in [6.07, 6.45) is 15.8. The van der Waals surface area contributed by atoms with Gasteiger partial charge in [-0.1, -0.05) is 126 Å². The summed E-state index contributed by atoms with van der Waals surface area (Å²) in [7, 11) is 0. The molecule has 0 aliphatic heterocycles. The van der Waals surface area contributed by atoms with Gasteiger partial charge in [0.15, 0.2) is 0 Å². The van der Waals surface area contributed by atoms with Crippen LogP contribution in [-0.2, 0) is 25.7 Å². The number of hydrogen-bond acceptors (Lipinski definition) is 3. The predicted molar refractivity (Wildman–Crippen MR) is 259 cm³/mol. The molecule has 1 heterocycles. The minimum absolute atomic E-state index is 0.969. The second kappa shape index (κ2) is 21.4. The Balaban J connectivity index is 1.43. The monoisotopic (exact) mass is 790 g/mol. The second-order valence-corrected chi connectivity index (χ2v) is 16.3. The molecule has 306 valence electrons. The topological polar surface area (TPSA) is 19.4 Å². The van der Waals surface area contributed by atoms with Gasteiger partial charge in [0.1, 0.15) is 0 Å². The van der Waals surface area contributed by atoms with Crippen LogP contribution >= 0.6 is 0 Å². The maximum absolute atomic E-state index is 4.72. The van der Waals surface area contributed by atoms with Crippen LogP contribution in [0.1, 0.15) is 101 Å². The zero-order valence-corrected chi connectivity index (χ0v) is 36.4. The van der Waals surface area contributed by atoms with E-state index < -0.39 is 0 Å². The molecule has 0 radical (unpaired) electrons. The van der Waals surface area contributed by atoms with Crippen molar-refractivity contribution in [2.24, 2.45) is 0 Å². The fourth-order valence-electron chi connectivity index (χ4n) is 8.08. The molecule has 0 amide bonds. The van der Waals surface area contributed by atoms with E-state index in [1.807, 2.05) is 12.3 Å². The van der Waals surface area contributed by atoms with Crippen molar-refractivity contribution in [3.05, 3.63) is 186 Å². The summed E-state index contributed by atoms with van der Waals surface area (Å²) in [5.74, 6) is 0. The van der Waals surface area contributed by atoms with Crippen LogP contribution in [-0.4, -0.2) is 4.98 Å². The Morgan fingerprint density at radius 2 is 0.717 bits per heavy atom. The van der Waals surface area contributed by atoms with Crippen molar-refractivity contribution in [1.29, 1.82) is 0 Å². The van der Waals surface area contributed by atoms with Crippen LogP contribution in [0.3, 0.4) is 0 Å². The van der Waals surface area contributed by atoms with Gasteiger partial charge in [-0.3, -0.25) is 4.98 Å². The van der Waals surface area contributed by atoms with Gasteiger partial charge in [0.05, 0.1) is 5.69 Å². The van der Waals surface area contributed by atoms with Gasteiger partial charge in [-0.05, 0) is 170 Å². The van der Waals surface area contributed by atoms with E-state index in [2.05, 4.69) is 189 Å². The Hall–Kier alpha value is -5.93. The van der Waals surface area contributed by atoms with Gasteiger partial charge in [0.2, 0.25) is 0 Å². The first-order valence-electron chi connectivity index (χ1n) is 22.7. The normalized spacial score (nSPS) is 11.1. The molecule has 0 fully saturated rings. The lowest BCUT2D eigenvalue weighted by Gasteiger charge is -2.31. The highest BCUT2D eigenvalue weighted by molar-refractivity contribution is 5.88. The Morgan fingerprint density at radius 3 is 1.07 bits per heavy atom. The number of hydrogen-bond donors (Lipinski definition) is 0. The number of unbranched alkanes of at least 4 members (excludes halogenated alkanes) is 4. The smallest absolute Gasteiger partial charge is 0.0702 e. The van der Waals surface area contributed by atoms with E-state index in [9.17, 15) is 0 Å². The lowest BCUT2D eigenvalue weighted by Crippen LogP contribution is -2.14. The van der Waals surface area contributed by atoms with E-state index in [4.69, 9.17) is 4.98 Å². The van der Waals surface area contributed by atoms with Gasteiger partial charge in [0, 0.05) is 45.9 Å². The van der Waals surface area contributed by atoms with Gasteiger partial charge in [0.25, 0.3) is 0 Å². The third kappa shape index (κ3) is 10.8. The first kappa shape index (κ1) is 42.2. The minimum atomic E-state index is 0.969. The lowest BCUT2D eigenvalue weighted by atomic mass is 9.98. The summed E-state index contributed by atoms with van der Waals surface area (Å²) in [5.41, 5.74) is 16.7.